The first-order valence-corrected chi connectivity index (χ1v) is 8.58. The Labute approximate surface area is 148 Å². The molecular weight excluding hydrogens is 324 g/mol. The highest BCUT2D eigenvalue weighted by molar-refractivity contribution is 5.91. The van der Waals surface area contributed by atoms with Crippen molar-refractivity contribution in [1.29, 1.82) is 0 Å². The van der Waals surface area contributed by atoms with Gasteiger partial charge in [0, 0.05) is 46.3 Å². The van der Waals surface area contributed by atoms with Gasteiger partial charge in [0.1, 0.15) is 0 Å². The topological polar surface area (TPSA) is 88.3 Å². The first kappa shape index (κ1) is 19.3. The second-order valence-corrected chi connectivity index (χ2v) is 5.88. The van der Waals surface area contributed by atoms with Crippen molar-refractivity contribution < 1.29 is 18.7 Å². The Kier molecular flexibility index (Phi) is 8.27. The summed E-state index contributed by atoms with van der Waals surface area (Å²) in [5, 5.41) is 6.08. The van der Waals surface area contributed by atoms with Gasteiger partial charge in [-0.3, -0.25) is 9.79 Å². The van der Waals surface area contributed by atoms with Gasteiger partial charge in [0.05, 0.1) is 26.1 Å². The van der Waals surface area contributed by atoms with Crippen LogP contribution in [0.15, 0.2) is 27.8 Å². The first-order valence-electron chi connectivity index (χ1n) is 8.58. The number of nitrogens with zero attached hydrogens (tertiary/aromatic N) is 2. The fraction of sp³-hybridized carbons (Fsp3) is 0.647. The standard InChI is InChI=1S/C17H28N4O4/c1-18-17(20-7-6-19-16(22)15-4-3-9-25-15)21-8-5-14(12-21)13-24-11-10-23-2/h3-4,9,14H,5-8,10-13H2,1-2H3,(H,18,20)(H,19,22). The van der Waals surface area contributed by atoms with Crippen LogP contribution in [0.4, 0.5) is 0 Å². The molecule has 0 bridgehead atoms. The van der Waals surface area contributed by atoms with Crippen molar-refractivity contribution in [3.8, 4) is 0 Å². The number of furan rings is 1. The Balaban J connectivity index is 1.63. The second kappa shape index (κ2) is 10.7. The van der Waals surface area contributed by atoms with Crippen LogP contribution in [0.3, 0.4) is 0 Å². The third kappa shape index (κ3) is 6.39. The number of carbonyl (C=O) groups is 1. The molecule has 1 aromatic rings. The van der Waals surface area contributed by atoms with E-state index in [1.54, 1.807) is 26.3 Å². The Hall–Kier alpha value is -2.06. The summed E-state index contributed by atoms with van der Waals surface area (Å²) in [7, 11) is 3.44. The minimum atomic E-state index is -0.212. The minimum Gasteiger partial charge on any atom is -0.459 e. The van der Waals surface area contributed by atoms with Crippen LogP contribution in [0.5, 0.6) is 0 Å². The predicted molar refractivity (Wildman–Crippen MR) is 94.8 cm³/mol. The summed E-state index contributed by atoms with van der Waals surface area (Å²) < 4.78 is 15.6. The molecule has 25 heavy (non-hydrogen) atoms. The third-order valence-corrected chi connectivity index (χ3v) is 4.02. The molecule has 0 aliphatic carbocycles. The Bertz CT molecular complexity index is 533. The van der Waals surface area contributed by atoms with Crippen LogP contribution in [0.1, 0.15) is 17.0 Å². The lowest BCUT2D eigenvalue weighted by Gasteiger charge is -2.21. The van der Waals surface area contributed by atoms with Crippen molar-refractivity contribution in [1.82, 2.24) is 15.5 Å². The highest BCUT2D eigenvalue weighted by Crippen LogP contribution is 2.16. The van der Waals surface area contributed by atoms with E-state index in [4.69, 9.17) is 13.9 Å². The number of methoxy groups -OCH3 is 1. The van der Waals surface area contributed by atoms with Crippen molar-refractivity contribution in [3.63, 3.8) is 0 Å². The Morgan fingerprint density at radius 1 is 1.40 bits per heavy atom. The molecule has 2 rings (SSSR count). The van der Waals surface area contributed by atoms with Crippen LogP contribution in [-0.4, -0.2) is 76.9 Å². The summed E-state index contributed by atoms with van der Waals surface area (Å²) in [6.45, 7) is 4.98. The maximum absolute atomic E-state index is 11.8. The molecule has 1 atom stereocenters. The molecule has 8 heteroatoms. The SMILES string of the molecule is CN=C(NCCNC(=O)c1ccco1)N1CCC(COCCOC)C1. The van der Waals surface area contributed by atoms with Crippen molar-refractivity contribution in [2.24, 2.45) is 10.9 Å². The lowest BCUT2D eigenvalue weighted by atomic mass is 10.1. The average Bonchev–Trinajstić information content (AvgIpc) is 3.30. The van der Waals surface area contributed by atoms with Gasteiger partial charge in [-0.05, 0) is 18.6 Å². The number of amides is 1. The Morgan fingerprint density at radius 2 is 2.24 bits per heavy atom. The highest BCUT2D eigenvalue weighted by Gasteiger charge is 2.24. The molecule has 0 spiro atoms. The van der Waals surface area contributed by atoms with Gasteiger partial charge in [0.15, 0.2) is 11.7 Å². The summed E-state index contributed by atoms with van der Waals surface area (Å²) in [5.41, 5.74) is 0. The van der Waals surface area contributed by atoms with E-state index in [0.717, 1.165) is 32.1 Å². The van der Waals surface area contributed by atoms with Crippen molar-refractivity contribution in [2.45, 2.75) is 6.42 Å². The molecule has 8 nitrogen and oxygen atoms in total. The van der Waals surface area contributed by atoms with Crippen molar-refractivity contribution >= 4 is 11.9 Å². The first-order chi connectivity index (χ1) is 12.2. The molecule has 2 heterocycles. The van der Waals surface area contributed by atoms with E-state index in [1.165, 1.54) is 6.26 Å². The zero-order valence-electron chi connectivity index (χ0n) is 15.0. The summed E-state index contributed by atoms with van der Waals surface area (Å²) in [6, 6.07) is 3.33. The number of hydrogen-bond acceptors (Lipinski definition) is 5. The van der Waals surface area contributed by atoms with Gasteiger partial charge < -0.3 is 29.4 Å². The third-order valence-electron chi connectivity index (χ3n) is 4.02. The van der Waals surface area contributed by atoms with Gasteiger partial charge in [-0.25, -0.2) is 0 Å². The van der Waals surface area contributed by atoms with Gasteiger partial charge >= 0.3 is 0 Å². The molecule has 0 radical (unpaired) electrons. The molecule has 1 amide bonds. The molecule has 1 saturated heterocycles. The second-order valence-electron chi connectivity index (χ2n) is 5.88. The number of nitrogens with one attached hydrogen (secondary N) is 2. The van der Waals surface area contributed by atoms with Gasteiger partial charge in [-0.2, -0.15) is 0 Å². The van der Waals surface area contributed by atoms with E-state index >= 15 is 0 Å². The molecule has 1 aliphatic heterocycles. The quantitative estimate of drug-likeness (QED) is 0.384. The number of hydrogen-bond donors (Lipinski definition) is 2. The molecule has 0 saturated carbocycles. The largest absolute Gasteiger partial charge is 0.459 e. The lowest BCUT2D eigenvalue weighted by Crippen LogP contribution is -2.43. The number of likely N-dealkylation sites (tertiary alicyclic amines) is 1. The number of aliphatic imine (C=N–C) groups is 1. The zero-order valence-corrected chi connectivity index (χ0v) is 15.0. The molecule has 2 N–H and O–H groups in total. The summed E-state index contributed by atoms with van der Waals surface area (Å²) >= 11 is 0. The van der Waals surface area contributed by atoms with Crippen LogP contribution >= 0.6 is 0 Å². The van der Waals surface area contributed by atoms with Crippen LogP contribution < -0.4 is 10.6 Å². The fourth-order valence-electron chi connectivity index (χ4n) is 2.73. The molecule has 1 fully saturated rings. The fourth-order valence-corrected chi connectivity index (χ4v) is 2.73. The highest BCUT2D eigenvalue weighted by atomic mass is 16.5. The van der Waals surface area contributed by atoms with E-state index < -0.39 is 0 Å². The predicted octanol–water partition coefficient (Wildman–Crippen LogP) is 0.570. The summed E-state index contributed by atoms with van der Waals surface area (Å²) in [6.07, 6.45) is 2.57. The number of guanidine groups is 1. The maximum atomic E-state index is 11.8. The van der Waals surface area contributed by atoms with Crippen LogP contribution in [-0.2, 0) is 9.47 Å². The smallest absolute Gasteiger partial charge is 0.287 e. The van der Waals surface area contributed by atoms with E-state index in [9.17, 15) is 4.79 Å². The molecule has 1 unspecified atom stereocenters. The van der Waals surface area contributed by atoms with Crippen molar-refractivity contribution in [2.75, 3.05) is 60.2 Å². The number of carbonyl (C=O) groups excluding carboxylic acids is 1. The summed E-state index contributed by atoms with van der Waals surface area (Å²) in [5.74, 6) is 1.47. The van der Waals surface area contributed by atoms with Gasteiger partial charge in [0.2, 0.25) is 0 Å². The maximum Gasteiger partial charge on any atom is 0.287 e. The summed E-state index contributed by atoms with van der Waals surface area (Å²) in [4.78, 5) is 18.3. The molecule has 0 aromatic carbocycles. The molecule has 1 aromatic heterocycles. The van der Waals surface area contributed by atoms with E-state index in [2.05, 4.69) is 20.5 Å². The van der Waals surface area contributed by atoms with Crippen molar-refractivity contribution in [3.05, 3.63) is 24.2 Å². The van der Waals surface area contributed by atoms with Crippen LogP contribution in [0, 0.1) is 5.92 Å². The normalized spacial score (nSPS) is 17.8. The van der Waals surface area contributed by atoms with Gasteiger partial charge in [-0.1, -0.05) is 0 Å². The van der Waals surface area contributed by atoms with E-state index in [1.807, 2.05) is 0 Å². The Morgan fingerprint density at radius 3 is 2.96 bits per heavy atom. The monoisotopic (exact) mass is 352 g/mol. The van der Waals surface area contributed by atoms with E-state index in [0.29, 0.717) is 38.0 Å². The van der Waals surface area contributed by atoms with Crippen LogP contribution in [0.25, 0.3) is 0 Å². The molecule has 1 aliphatic rings. The zero-order chi connectivity index (χ0) is 17.9. The van der Waals surface area contributed by atoms with E-state index in [-0.39, 0.29) is 5.91 Å². The minimum absolute atomic E-state index is 0.212. The lowest BCUT2D eigenvalue weighted by molar-refractivity contribution is 0.0536. The number of ether oxygens (including phenoxy) is 2. The van der Waals surface area contributed by atoms with Gasteiger partial charge in [0.25, 0.3) is 5.91 Å². The van der Waals surface area contributed by atoms with Crippen LogP contribution in [0.2, 0.25) is 0 Å². The molecular formula is C17H28N4O4. The molecule has 140 valence electrons. The van der Waals surface area contributed by atoms with Gasteiger partial charge in [-0.15, -0.1) is 0 Å². The number of rotatable bonds is 9. The average molecular weight is 352 g/mol.